The number of alkyl halides is 3. The van der Waals surface area contributed by atoms with E-state index in [0.29, 0.717) is 37.4 Å². The molecule has 0 atom stereocenters. The van der Waals surface area contributed by atoms with Crippen molar-refractivity contribution in [3.8, 4) is 5.75 Å². The van der Waals surface area contributed by atoms with Crippen molar-refractivity contribution in [2.75, 3.05) is 23.3 Å². The number of amides is 1. The van der Waals surface area contributed by atoms with Gasteiger partial charge in [0, 0.05) is 42.2 Å². The van der Waals surface area contributed by atoms with Crippen LogP contribution in [0.5, 0.6) is 5.75 Å². The second-order valence-corrected chi connectivity index (χ2v) is 7.30. The van der Waals surface area contributed by atoms with Gasteiger partial charge in [0.05, 0.1) is 12.0 Å². The van der Waals surface area contributed by atoms with E-state index < -0.39 is 11.7 Å². The van der Waals surface area contributed by atoms with Gasteiger partial charge in [0.2, 0.25) is 5.91 Å². The highest BCUT2D eigenvalue weighted by Gasteiger charge is 2.30. The molecule has 0 aromatic heterocycles. The number of hydrogen-bond donors (Lipinski definition) is 1. The molecule has 4 rings (SSSR count). The first-order valence-electron chi connectivity index (χ1n) is 9.54. The van der Waals surface area contributed by atoms with Crippen LogP contribution in [-0.4, -0.2) is 25.0 Å². The number of nitrogens with one attached hydrogen (secondary N) is 1. The molecule has 0 aliphatic carbocycles. The van der Waals surface area contributed by atoms with Gasteiger partial charge in [0.15, 0.2) is 0 Å². The highest BCUT2D eigenvalue weighted by Crippen LogP contribution is 2.32. The first-order valence-corrected chi connectivity index (χ1v) is 9.54. The summed E-state index contributed by atoms with van der Waals surface area (Å²) in [5.41, 5.74) is 2.39. The first kappa shape index (κ1) is 20.0. The SMILES string of the molecule is O=C(C=C1CCN(c2ccc(C(F)(F)F)cc2)CC1)Nc1ccc2c(c1)OC(=O)C2. The van der Waals surface area contributed by atoms with Gasteiger partial charge in [0.25, 0.3) is 0 Å². The lowest BCUT2D eigenvalue weighted by Gasteiger charge is -2.30. The number of fused-ring (bicyclic) bond motifs is 1. The van der Waals surface area contributed by atoms with Gasteiger partial charge < -0.3 is 15.0 Å². The van der Waals surface area contributed by atoms with Crippen LogP contribution in [0.25, 0.3) is 0 Å². The number of piperidine rings is 1. The predicted octanol–water partition coefficient (Wildman–Crippen LogP) is 4.33. The molecule has 2 heterocycles. The largest absolute Gasteiger partial charge is 0.426 e. The number of esters is 1. The number of benzene rings is 2. The Hall–Kier alpha value is -3.29. The molecule has 156 valence electrons. The molecule has 2 aromatic carbocycles. The minimum Gasteiger partial charge on any atom is -0.426 e. The Balaban J connectivity index is 1.33. The zero-order valence-corrected chi connectivity index (χ0v) is 16.0. The number of carbonyl (C=O) groups is 2. The molecular weight excluding hydrogens is 397 g/mol. The molecule has 1 fully saturated rings. The topological polar surface area (TPSA) is 58.6 Å². The molecule has 1 N–H and O–H groups in total. The molecule has 2 aromatic rings. The minimum atomic E-state index is -4.34. The molecule has 0 spiro atoms. The van der Waals surface area contributed by atoms with Gasteiger partial charge in [-0.25, -0.2) is 0 Å². The van der Waals surface area contributed by atoms with Gasteiger partial charge in [-0.05, 0) is 43.2 Å². The molecule has 2 aliphatic rings. The quantitative estimate of drug-likeness (QED) is 0.460. The van der Waals surface area contributed by atoms with Crippen molar-refractivity contribution in [1.29, 1.82) is 0 Å². The fourth-order valence-electron chi connectivity index (χ4n) is 3.61. The number of halogens is 3. The summed E-state index contributed by atoms with van der Waals surface area (Å²) in [6.45, 7) is 1.25. The maximum absolute atomic E-state index is 12.7. The number of ether oxygens (including phenoxy) is 1. The van der Waals surface area contributed by atoms with Crippen LogP contribution in [0, 0.1) is 0 Å². The van der Waals surface area contributed by atoms with Crippen molar-refractivity contribution in [2.24, 2.45) is 0 Å². The molecule has 8 heteroatoms. The van der Waals surface area contributed by atoms with E-state index in [1.807, 2.05) is 4.90 Å². The molecule has 0 radical (unpaired) electrons. The summed E-state index contributed by atoms with van der Waals surface area (Å²) in [6, 6.07) is 10.2. The molecular formula is C22H19F3N2O3. The van der Waals surface area contributed by atoms with Gasteiger partial charge in [-0.15, -0.1) is 0 Å². The van der Waals surface area contributed by atoms with E-state index in [-0.39, 0.29) is 18.3 Å². The summed E-state index contributed by atoms with van der Waals surface area (Å²) in [5.74, 6) is -0.108. The van der Waals surface area contributed by atoms with Crippen LogP contribution in [0.3, 0.4) is 0 Å². The summed E-state index contributed by atoms with van der Waals surface area (Å²) in [6.07, 6.45) is -1.25. The third-order valence-corrected chi connectivity index (χ3v) is 5.19. The first-order chi connectivity index (χ1) is 14.3. The van der Waals surface area contributed by atoms with E-state index in [4.69, 9.17) is 4.74 Å². The lowest BCUT2D eigenvalue weighted by Crippen LogP contribution is -2.31. The van der Waals surface area contributed by atoms with Crippen molar-refractivity contribution >= 4 is 23.3 Å². The third-order valence-electron chi connectivity index (χ3n) is 5.19. The zero-order chi connectivity index (χ0) is 21.3. The Bertz CT molecular complexity index is 1000. The Morgan fingerprint density at radius 3 is 2.43 bits per heavy atom. The summed E-state index contributed by atoms with van der Waals surface area (Å²) in [5, 5.41) is 2.77. The fourth-order valence-corrected chi connectivity index (χ4v) is 3.61. The normalized spacial score (nSPS) is 16.2. The lowest BCUT2D eigenvalue weighted by molar-refractivity contribution is -0.137. The number of rotatable bonds is 3. The molecule has 5 nitrogen and oxygen atoms in total. The molecule has 0 bridgehead atoms. The summed E-state index contributed by atoms with van der Waals surface area (Å²) in [4.78, 5) is 25.6. The van der Waals surface area contributed by atoms with Gasteiger partial charge in [-0.1, -0.05) is 11.6 Å². The van der Waals surface area contributed by atoms with Gasteiger partial charge >= 0.3 is 12.1 Å². The highest BCUT2D eigenvalue weighted by atomic mass is 19.4. The second-order valence-electron chi connectivity index (χ2n) is 7.30. The van der Waals surface area contributed by atoms with Crippen LogP contribution in [0.2, 0.25) is 0 Å². The van der Waals surface area contributed by atoms with Crippen LogP contribution in [0.4, 0.5) is 24.5 Å². The smallest absolute Gasteiger partial charge is 0.416 e. The Morgan fingerprint density at radius 1 is 1.07 bits per heavy atom. The monoisotopic (exact) mass is 416 g/mol. The van der Waals surface area contributed by atoms with Gasteiger partial charge in [-0.3, -0.25) is 9.59 Å². The Labute approximate surface area is 171 Å². The van der Waals surface area contributed by atoms with Crippen LogP contribution in [0.1, 0.15) is 24.0 Å². The van der Waals surface area contributed by atoms with E-state index in [2.05, 4.69) is 5.32 Å². The molecule has 0 saturated carbocycles. The molecule has 1 saturated heterocycles. The number of hydrogen-bond acceptors (Lipinski definition) is 4. The summed E-state index contributed by atoms with van der Waals surface area (Å²) >= 11 is 0. The minimum absolute atomic E-state index is 0.239. The van der Waals surface area contributed by atoms with E-state index in [0.717, 1.165) is 29.0 Å². The predicted molar refractivity (Wildman–Crippen MR) is 105 cm³/mol. The third kappa shape index (κ3) is 4.48. The average Bonchev–Trinajstić information content (AvgIpc) is 3.07. The van der Waals surface area contributed by atoms with Crippen molar-refractivity contribution < 1.29 is 27.5 Å². The molecule has 30 heavy (non-hydrogen) atoms. The lowest BCUT2D eigenvalue weighted by atomic mass is 10.0. The molecule has 0 unspecified atom stereocenters. The van der Waals surface area contributed by atoms with Gasteiger partial charge in [-0.2, -0.15) is 13.2 Å². The van der Waals surface area contributed by atoms with E-state index in [1.54, 1.807) is 24.3 Å². The van der Waals surface area contributed by atoms with Crippen LogP contribution < -0.4 is 15.0 Å². The summed E-state index contributed by atoms with van der Waals surface area (Å²) in [7, 11) is 0. The maximum Gasteiger partial charge on any atom is 0.416 e. The molecule has 1 amide bonds. The Morgan fingerprint density at radius 2 is 1.77 bits per heavy atom. The van der Waals surface area contributed by atoms with Crippen molar-refractivity contribution in [1.82, 2.24) is 0 Å². The average molecular weight is 416 g/mol. The summed E-state index contributed by atoms with van der Waals surface area (Å²) < 4.78 is 43.2. The number of carbonyl (C=O) groups excluding carboxylic acids is 2. The van der Waals surface area contributed by atoms with E-state index >= 15 is 0 Å². The van der Waals surface area contributed by atoms with Crippen LogP contribution >= 0.6 is 0 Å². The van der Waals surface area contributed by atoms with Crippen LogP contribution in [-0.2, 0) is 22.2 Å². The van der Waals surface area contributed by atoms with Gasteiger partial charge in [0.1, 0.15) is 5.75 Å². The second kappa shape index (κ2) is 7.85. The van der Waals surface area contributed by atoms with Crippen LogP contribution in [0.15, 0.2) is 54.1 Å². The Kier molecular flexibility index (Phi) is 5.24. The van der Waals surface area contributed by atoms with Crippen molar-refractivity contribution in [2.45, 2.75) is 25.4 Å². The van der Waals surface area contributed by atoms with E-state index in [9.17, 15) is 22.8 Å². The number of nitrogens with zero attached hydrogens (tertiary/aromatic N) is 1. The standard InChI is InChI=1S/C22H19F3N2O3/c23-22(24,25)16-2-5-18(6-3-16)27-9-7-14(8-10-27)11-20(28)26-17-4-1-15-12-21(29)30-19(15)13-17/h1-6,11,13H,7-10,12H2,(H,26,28). The highest BCUT2D eigenvalue weighted by molar-refractivity contribution is 6.00. The van der Waals surface area contributed by atoms with E-state index in [1.165, 1.54) is 12.1 Å². The molecule has 2 aliphatic heterocycles. The number of anilines is 2. The van der Waals surface area contributed by atoms with Crippen molar-refractivity contribution in [3.63, 3.8) is 0 Å². The maximum atomic E-state index is 12.7. The zero-order valence-electron chi connectivity index (χ0n) is 16.0. The fraction of sp³-hybridized carbons (Fsp3) is 0.273. The van der Waals surface area contributed by atoms with Crippen molar-refractivity contribution in [3.05, 3.63) is 65.2 Å².